The van der Waals surface area contributed by atoms with Gasteiger partial charge < -0.3 is 0 Å². The van der Waals surface area contributed by atoms with E-state index in [9.17, 15) is 14.4 Å². The van der Waals surface area contributed by atoms with Gasteiger partial charge in [-0.05, 0) is 12.0 Å². The van der Waals surface area contributed by atoms with Crippen LogP contribution in [0.2, 0.25) is 0 Å². The summed E-state index contributed by atoms with van der Waals surface area (Å²) in [7, 11) is 0. The van der Waals surface area contributed by atoms with E-state index in [1.54, 1.807) is 0 Å². The minimum absolute atomic E-state index is 0.105. The van der Waals surface area contributed by atoms with Gasteiger partial charge in [0.05, 0.1) is 6.54 Å². The second-order valence-corrected chi connectivity index (χ2v) is 5.68. The molecule has 0 saturated carbocycles. The van der Waals surface area contributed by atoms with Gasteiger partial charge in [0.25, 0.3) is 5.91 Å². The van der Waals surface area contributed by atoms with Crippen LogP contribution in [-0.2, 0) is 16.1 Å². The topological polar surface area (TPSA) is 69.7 Å². The van der Waals surface area contributed by atoms with Gasteiger partial charge in [-0.3, -0.25) is 19.9 Å². The summed E-state index contributed by atoms with van der Waals surface area (Å²) in [5, 5.41) is 1.10. The minimum Gasteiger partial charge on any atom is -0.273 e. The highest BCUT2D eigenvalue weighted by molar-refractivity contribution is 6.02. The lowest BCUT2D eigenvalue weighted by molar-refractivity contribution is -0.126. The Morgan fingerprint density at radius 1 is 1.13 bits per heavy atom. The number of hydrogen-bond acceptors (Lipinski definition) is 3. The largest absolute Gasteiger partial charge is 0.346 e. The predicted molar refractivity (Wildman–Crippen MR) is 86.0 cm³/mol. The fraction of sp³-hybridized carbons (Fsp3) is 0.471. The Bertz CT molecular complexity index is 559. The maximum atomic E-state index is 12.2. The standard InChI is InChI=1S/C17H23N3O3/c1-2-3-4-8-11-15(21)18-20-13-16(22)19(17(20)23)12-14-9-6-5-7-10-14/h5-7,9-10H,2-4,8,11-13H2,1H3,(H,18,21). The van der Waals surface area contributed by atoms with Crippen LogP contribution < -0.4 is 5.43 Å². The molecule has 1 heterocycles. The van der Waals surface area contributed by atoms with Gasteiger partial charge in [0, 0.05) is 6.42 Å². The number of nitrogens with zero attached hydrogens (tertiary/aromatic N) is 2. The van der Waals surface area contributed by atoms with E-state index in [-0.39, 0.29) is 24.9 Å². The average Bonchev–Trinajstić information content (AvgIpc) is 2.80. The van der Waals surface area contributed by atoms with Crippen LogP contribution in [0.5, 0.6) is 0 Å². The molecule has 0 spiro atoms. The van der Waals surface area contributed by atoms with E-state index in [2.05, 4.69) is 12.3 Å². The first-order valence-electron chi connectivity index (χ1n) is 8.07. The van der Waals surface area contributed by atoms with Crippen LogP contribution in [0.25, 0.3) is 0 Å². The Balaban J connectivity index is 1.84. The Kier molecular flexibility index (Phi) is 6.14. The molecule has 23 heavy (non-hydrogen) atoms. The fourth-order valence-corrected chi connectivity index (χ4v) is 2.47. The molecule has 0 unspecified atom stereocenters. The molecule has 1 N–H and O–H groups in total. The van der Waals surface area contributed by atoms with Crippen molar-refractivity contribution in [3.63, 3.8) is 0 Å². The summed E-state index contributed by atoms with van der Waals surface area (Å²) in [5.74, 6) is -0.519. The maximum absolute atomic E-state index is 12.2. The van der Waals surface area contributed by atoms with Gasteiger partial charge in [-0.1, -0.05) is 56.5 Å². The van der Waals surface area contributed by atoms with E-state index in [1.807, 2.05) is 30.3 Å². The highest BCUT2D eigenvalue weighted by Crippen LogP contribution is 2.13. The summed E-state index contributed by atoms with van der Waals surface area (Å²) in [6, 6.07) is 8.83. The summed E-state index contributed by atoms with van der Waals surface area (Å²) in [5.41, 5.74) is 3.41. The maximum Gasteiger partial charge on any atom is 0.346 e. The first-order valence-corrected chi connectivity index (χ1v) is 8.07. The highest BCUT2D eigenvalue weighted by atomic mass is 16.2. The number of rotatable bonds is 8. The zero-order valence-electron chi connectivity index (χ0n) is 13.5. The van der Waals surface area contributed by atoms with Gasteiger partial charge >= 0.3 is 6.03 Å². The fourth-order valence-electron chi connectivity index (χ4n) is 2.47. The van der Waals surface area contributed by atoms with Crippen molar-refractivity contribution in [2.45, 2.75) is 45.6 Å². The van der Waals surface area contributed by atoms with Gasteiger partial charge in [-0.25, -0.2) is 9.80 Å². The third-order valence-corrected chi connectivity index (χ3v) is 3.76. The first kappa shape index (κ1) is 17.0. The lowest BCUT2D eigenvalue weighted by Crippen LogP contribution is -2.44. The number of carbonyl (C=O) groups is 3. The van der Waals surface area contributed by atoms with Gasteiger partial charge in [-0.15, -0.1) is 0 Å². The number of imide groups is 1. The molecule has 0 aliphatic carbocycles. The van der Waals surface area contributed by atoms with E-state index < -0.39 is 6.03 Å². The Hall–Kier alpha value is -2.37. The van der Waals surface area contributed by atoms with E-state index >= 15 is 0 Å². The van der Waals surface area contributed by atoms with Crippen molar-refractivity contribution in [1.82, 2.24) is 15.3 Å². The van der Waals surface area contributed by atoms with Crippen molar-refractivity contribution in [2.75, 3.05) is 6.54 Å². The molecule has 4 amide bonds. The van der Waals surface area contributed by atoms with Crippen LogP contribution in [-0.4, -0.2) is 34.3 Å². The summed E-state index contributed by atoms with van der Waals surface area (Å²) >= 11 is 0. The third-order valence-electron chi connectivity index (χ3n) is 3.76. The number of hydrogen-bond donors (Lipinski definition) is 1. The van der Waals surface area contributed by atoms with Crippen molar-refractivity contribution < 1.29 is 14.4 Å². The summed E-state index contributed by atoms with van der Waals surface area (Å²) in [4.78, 5) is 37.2. The average molecular weight is 317 g/mol. The molecule has 0 bridgehead atoms. The molecule has 0 aromatic heterocycles. The number of unbranched alkanes of at least 4 members (excludes halogenated alkanes) is 3. The molecule has 0 atom stereocenters. The van der Waals surface area contributed by atoms with Crippen molar-refractivity contribution in [2.24, 2.45) is 0 Å². The quantitative estimate of drug-likeness (QED) is 0.591. The molecule has 1 aromatic rings. The molecular weight excluding hydrogens is 294 g/mol. The van der Waals surface area contributed by atoms with Crippen LogP contribution in [0, 0.1) is 0 Å². The highest BCUT2D eigenvalue weighted by Gasteiger charge is 2.36. The molecule has 124 valence electrons. The summed E-state index contributed by atoms with van der Waals surface area (Å²) in [6.07, 6.45) is 4.37. The predicted octanol–water partition coefficient (Wildman–Crippen LogP) is 2.45. The number of amides is 4. The lowest BCUT2D eigenvalue weighted by atomic mass is 10.1. The third kappa shape index (κ3) is 4.81. The van der Waals surface area contributed by atoms with Crippen LogP contribution in [0.15, 0.2) is 30.3 Å². The van der Waals surface area contributed by atoms with E-state index in [0.29, 0.717) is 6.42 Å². The SMILES string of the molecule is CCCCCCC(=O)NN1CC(=O)N(Cc2ccccc2)C1=O. The Morgan fingerprint density at radius 3 is 2.57 bits per heavy atom. The summed E-state index contributed by atoms with van der Waals surface area (Å²) < 4.78 is 0. The number of carbonyl (C=O) groups excluding carboxylic acids is 3. The molecule has 1 aliphatic rings. The van der Waals surface area contributed by atoms with E-state index in [0.717, 1.165) is 41.2 Å². The minimum atomic E-state index is -0.472. The molecule has 0 radical (unpaired) electrons. The zero-order chi connectivity index (χ0) is 16.7. The number of nitrogens with one attached hydrogen (secondary N) is 1. The van der Waals surface area contributed by atoms with E-state index in [1.165, 1.54) is 0 Å². The summed E-state index contributed by atoms with van der Waals surface area (Å²) in [6.45, 7) is 2.23. The molecule has 1 saturated heterocycles. The number of benzene rings is 1. The Morgan fingerprint density at radius 2 is 1.87 bits per heavy atom. The molecule has 1 aliphatic heterocycles. The smallest absolute Gasteiger partial charge is 0.273 e. The number of hydrazine groups is 1. The normalized spacial score (nSPS) is 14.5. The molecule has 1 aromatic carbocycles. The van der Waals surface area contributed by atoms with Crippen molar-refractivity contribution >= 4 is 17.8 Å². The number of urea groups is 1. The lowest BCUT2D eigenvalue weighted by Gasteiger charge is -2.17. The van der Waals surface area contributed by atoms with Gasteiger partial charge in [0.1, 0.15) is 6.54 Å². The van der Waals surface area contributed by atoms with Crippen LogP contribution in [0.3, 0.4) is 0 Å². The van der Waals surface area contributed by atoms with Crippen LogP contribution in [0.1, 0.15) is 44.6 Å². The van der Waals surface area contributed by atoms with Crippen molar-refractivity contribution in [1.29, 1.82) is 0 Å². The first-order chi connectivity index (χ1) is 11.1. The van der Waals surface area contributed by atoms with E-state index in [4.69, 9.17) is 0 Å². The molecule has 6 nitrogen and oxygen atoms in total. The molecular formula is C17H23N3O3. The molecule has 6 heteroatoms. The van der Waals surface area contributed by atoms with Crippen LogP contribution in [0.4, 0.5) is 4.79 Å². The van der Waals surface area contributed by atoms with Gasteiger partial charge in [0.2, 0.25) is 5.91 Å². The zero-order valence-corrected chi connectivity index (χ0v) is 13.5. The monoisotopic (exact) mass is 317 g/mol. The van der Waals surface area contributed by atoms with Crippen LogP contribution >= 0.6 is 0 Å². The van der Waals surface area contributed by atoms with Gasteiger partial charge in [-0.2, -0.15) is 0 Å². The second-order valence-electron chi connectivity index (χ2n) is 5.68. The molecule has 2 rings (SSSR count). The van der Waals surface area contributed by atoms with Gasteiger partial charge in [0.15, 0.2) is 0 Å². The van der Waals surface area contributed by atoms with Crippen molar-refractivity contribution in [3.05, 3.63) is 35.9 Å². The Labute approximate surface area is 136 Å². The second kappa shape index (κ2) is 8.31. The van der Waals surface area contributed by atoms with Crippen molar-refractivity contribution in [3.8, 4) is 0 Å². The molecule has 1 fully saturated rings.